The molecule has 0 bridgehead atoms. The summed E-state index contributed by atoms with van der Waals surface area (Å²) in [6, 6.07) is 2.70. The molecule has 0 saturated carbocycles. The first-order chi connectivity index (χ1) is 9.05. The summed E-state index contributed by atoms with van der Waals surface area (Å²) in [6.45, 7) is 3.13. The Hall–Kier alpha value is -2.09. The molecule has 1 rings (SSSR count). The molecule has 8 heteroatoms. The average Bonchev–Trinajstić information content (AvgIpc) is 2.34. The second kappa shape index (κ2) is 6.57. The molecule has 0 aliphatic rings. The van der Waals surface area contributed by atoms with Crippen molar-refractivity contribution in [2.45, 2.75) is 26.1 Å². The molecule has 118 valence electrons. The van der Waals surface area contributed by atoms with Crippen molar-refractivity contribution in [1.82, 2.24) is 11.1 Å². The molecule has 0 radical (unpaired) electrons. The number of primary amides is 1. The zero-order valence-electron chi connectivity index (χ0n) is 12.0. The highest BCUT2D eigenvalue weighted by Crippen LogP contribution is 2.32. The van der Waals surface area contributed by atoms with Gasteiger partial charge < -0.3 is 16.8 Å². The maximum Gasteiger partial charge on any atom is 0.416 e. The van der Waals surface area contributed by atoms with Gasteiger partial charge in [-0.15, -0.1) is 0 Å². The molecular weight excluding hydrogens is 287 g/mol. The number of carbonyl (C=O) groups excluding carboxylic acids is 2. The molecule has 5 nitrogen and oxygen atoms in total. The predicted octanol–water partition coefficient (Wildman–Crippen LogP) is 2.18. The van der Waals surface area contributed by atoms with Crippen LogP contribution in [0.1, 0.15) is 29.7 Å². The fourth-order valence-corrected chi connectivity index (χ4v) is 1.88. The third-order valence-electron chi connectivity index (χ3n) is 3.16. The van der Waals surface area contributed by atoms with Crippen LogP contribution >= 0.6 is 0 Å². The summed E-state index contributed by atoms with van der Waals surface area (Å²) in [6.07, 6.45) is -4.42. The quantitative estimate of drug-likeness (QED) is 0.819. The lowest BCUT2D eigenvalue weighted by Crippen LogP contribution is -2.39. The average molecular weight is 305 g/mol. The van der Waals surface area contributed by atoms with Gasteiger partial charge in [0.15, 0.2) is 0 Å². The second-order valence-electron chi connectivity index (χ2n) is 4.53. The third-order valence-corrected chi connectivity index (χ3v) is 3.16. The van der Waals surface area contributed by atoms with Gasteiger partial charge >= 0.3 is 18.0 Å². The molecule has 0 heterocycles. The summed E-state index contributed by atoms with van der Waals surface area (Å²) < 4.78 is 37.7. The van der Waals surface area contributed by atoms with Crippen molar-refractivity contribution in [2.24, 2.45) is 5.73 Å². The van der Waals surface area contributed by atoms with E-state index in [2.05, 4.69) is 0 Å². The van der Waals surface area contributed by atoms with Crippen LogP contribution in [0.2, 0.25) is 0 Å². The normalized spacial score (nSPS) is 12.3. The molecule has 1 atom stereocenters. The topological polar surface area (TPSA) is 98.4 Å². The van der Waals surface area contributed by atoms with Gasteiger partial charge in [-0.25, -0.2) is 0 Å². The molecule has 1 aromatic rings. The van der Waals surface area contributed by atoms with Crippen LogP contribution in [0.25, 0.3) is 0 Å². The summed E-state index contributed by atoms with van der Waals surface area (Å²) in [4.78, 5) is 23.4. The number of rotatable bonds is 2. The lowest BCUT2D eigenvalue weighted by molar-refractivity contribution is -0.144. The number of likely N-dealkylation sites (N-methyl/N-ethyl adjacent to an activating group) is 1. The number of carbonyl (C=O) groups is 2. The van der Waals surface area contributed by atoms with Crippen LogP contribution in [-0.4, -0.2) is 23.8 Å². The molecule has 0 aliphatic carbocycles. The van der Waals surface area contributed by atoms with E-state index in [1.165, 1.54) is 20.0 Å². The standard InChI is InChI=1S/C13H15F3N2O2.H3N/c1-7-6-9(13(14,15)16)4-5-10(7)8(2)18(3)12(20)11(17)19;/h4-6,8H,1-3H3,(H2,17,19);1H3. The van der Waals surface area contributed by atoms with E-state index >= 15 is 0 Å². The number of aryl methyl sites for hydroxylation is 1. The monoisotopic (exact) mass is 305 g/mol. The summed E-state index contributed by atoms with van der Waals surface area (Å²) >= 11 is 0. The van der Waals surface area contributed by atoms with E-state index in [0.717, 1.165) is 17.0 Å². The van der Waals surface area contributed by atoms with E-state index < -0.39 is 29.6 Å². The molecule has 2 amide bonds. The van der Waals surface area contributed by atoms with Crippen molar-refractivity contribution in [1.29, 1.82) is 0 Å². The first kappa shape index (κ1) is 18.9. The van der Waals surface area contributed by atoms with Crippen molar-refractivity contribution in [3.63, 3.8) is 0 Å². The van der Waals surface area contributed by atoms with Gasteiger partial charge in [0.05, 0.1) is 11.6 Å². The lowest BCUT2D eigenvalue weighted by atomic mass is 9.98. The van der Waals surface area contributed by atoms with Crippen LogP contribution in [0.5, 0.6) is 0 Å². The second-order valence-corrected chi connectivity index (χ2v) is 4.53. The molecule has 0 fully saturated rings. The fraction of sp³-hybridized carbons (Fsp3) is 0.385. The van der Waals surface area contributed by atoms with Crippen molar-refractivity contribution in [3.05, 3.63) is 34.9 Å². The minimum atomic E-state index is -4.42. The number of benzene rings is 1. The van der Waals surface area contributed by atoms with E-state index in [4.69, 9.17) is 5.73 Å². The van der Waals surface area contributed by atoms with Gasteiger partial charge in [0.2, 0.25) is 0 Å². The summed E-state index contributed by atoms with van der Waals surface area (Å²) in [5.41, 5.74) is 5.05. The Balaban J connectivity index is 0.00000400. The van der Waals surface area contributed by atoms with Gasteiger partial charge in [0.1, 0.15) is 0 Å². The van der Waals surface area contributed by atoms with Crippen molar-refractivity contribution >= 4 is 11.8 Å². The SMILES string of the molecule is Cc1cc(C(F)(F)F)ccc1C(C)N(C)C(=O)C(N)=O.N. The van der Waals surface area contributed by atoms with Crippen LogP contribution in [0.3, 0.4) is 0 Å². The predicted molar refractivity (Wildman–Crippen MR) is 71.6 cm³/mol. The number of amides is 2. The van der Waals surface area contributed by atoms with Crippen LogP contribution in [0.15, 0.2) is 18.2 Å². The van der Waals surface area contributed by atoms with E-state index in [1.807, 2.05) is 0 Å². The van der Waals surface area contributed by atoms with Gasteiger partial charge in [-0.1, -0.05) is 6.07 Å². The number of hydrogen-bond donors (Lipinski definition) is 2. The van der Waals surface area contributed by atoms with Crippen LogP contribution in [0.4, 0.5) is 13.2 Å². The highest BCUT2D eigenvalue weighted by atomic mass is 19.4. The van der Waals surface area contributed by atoms with Gasteiger partial charge in [-0.2, -0.15) is 13.2 Å². The number of alkyl halides is 3. The van der Waals surface area contributed by atoms with Gasteiger partial charge in [0.25, 0.3) is 0 Å². The summed E-state index contributed by atoms with van der Waals surface area (Å²) in [5, 5.41) is 0. The highest BCUT2D eigenvalue weighted by molar-refractivity contribution is 6.34. The van der Waals surface area contributed by atoms with Gasteiger partial charge in [-0.3, -0.25) is 9.59 Å². The first-order valence-corrected chi connectivity index (χ1v) is 5.80. The summed E-state index contributed by atoms with van der Waals surface area (Å²) in [7, 11) is 1.37. The van der Waals surface area contributed by atoms with Crippen molar-refractivity contribution in [3.8, 4) is 0 Å². The van der Waals surface area contributed by atoms with Crippen LogP contribution in [0, 0.1) is 6.92 Å². The molecule has 5 N–H and O–H groups in total. The largest absolute Gasteiger partial charge is 0.416 e. The fourth-order valence-electron chi connectivity index (χ4n) is 1.88. The molecule has 0 saturated heterocycles. The van der Waals surface area contributed by atoms with Crippen LogP contribution in [-0.2, 0) is 15.8 Å². The first-order valence-electron chi connectivity index (χ1n) is 5.80. The smallest absolute Gasteiger partial charge is 0.361 e. The third kappa shape index (κ3) is 4.19. The molecular formula is C13H18F3N3O2. The molecule has 21 heavy (non-hydrogen) atoms. The Kier molecular flexibility index (Phi) is 5.92. The maximum absolute atomic E-state index is 12.6. The van der Waals surface area contributed by atoms with E-state index in [9.17, 15) is 22.8 Å². The molecule has 0 aliphatic heterocycles. The Labute approximate surface area is 120 Å². The molecule has 0 aromatic heterocycles. The number of nitrogens with zero attached hydrogens (tertiary/aromatic N) is 1. The van der Waals surface area contributed by atoms with Crippen LogP contribution < -0.4 is 11.9 Å². The highest BCUT2D eigenvalue weighted by Gasteiger charge is 2.31. The zero-order chi connectivity index (χ0) is 15.7. The van der Waals surface area contributed by atoms with Crippen molar-refractivity contribution in [2.75, 3.05) is 7.05 Å². The Morgan fingerprint density at radius 1 is 1.29 bits per heavy atom. The minimum Gasteiger partial charge on any atom is -0.361 e. The number of halogens is 3. The maximum atomic E-state index is 12.6. The lowest BCUT2D eigenvalue weighted by Gasteiger charge is -2.25. The van der Waals surface area contributed by atoms with Gasteiger partial charge in [0, 0.05) is 7.05 Å². The molecule has 0 spiro atoms. The Morgan fingerprint density at radius 2 is 1.81 bits per heavy atom. The van der Waals surface area contributed by atoms with E-state index in [-0.39, 0.29) is 6.15 Å². The number of nitrogens with two attached hydrogens (primary N) is 1. The van der Waals surface area contributed by atoms with Crippen molar-refractivity contribution < 1.29 is 22.8 Å². The molecule has 1 unspecified atom stereocenters. The summed E-state index contributed by atoms with van der Waals surface area (Å²) in [5.74, 6) is -2.00. The van der Waals surface area contributed by atoms with E-state index in [1.54, 1.807) is 6.92 Å². The Morgan fingerprint density at radius 3 is 2.19 bits per heavy atom. The van der Waals surface area contributed by atoms with E-state index in [0.29, 0.717) is 11.1 Å². The van der Waals surface area contributed by atoms with Gasteiger partial charge in [-0.05, 0) is 37.1 Å². The molecule has 1 aromatic carbocycles. The number of hydrogen-bond acceptors (Lipinski definition) is 3. The minimum absolute atomic E-state index is 0. The zero-order valence-corrected chi connectivity index (χ0v) is 12.0. The Bertz CT molecular complexity index is 544.